The maximum absolute atomic E-state index is 9.69. The van der Waals surface area contributed by atoms with E-state index >= 15 is 0 Å². The summed E-state index contributed by atoms with van der Waals surface area (Å²) in [6, 6.07) is 0.202. The Morgan fingerprint density at radius 2 is 2.22 bits per heavy atom. The molecule has 7 heteroatoms. The molecule has 1 saturated heterocycles. The van der Waals surface area contributed by atoms with E-state index in [1.54, 1.807) is 6.20 Å². The number of aliphatic hydroxyl groups is 2. The van der Waals surface area contributed by atoms with Gasteiger partial charge in [-0.05, 0) is 0 Å². The maximum atomic E-state index is 9.69. The number of rotatable bonds is 4. The van der Waals surface area contributed by atoms with E-state index in [-0.39, 0.29) is 12.6 Å². The first kappa shape index (κ1) is 13.0. The molecule has 18 heavy (non-hydrogen) atoms. The lowest BCUT2D eigenvalue weighted by molar-refractivity contribution is -0.0232. The summed E-state index contributed by atoms with van der Waals surface area (Å²) in [6.07, 6.45) is 0.241. The zero-order valence-corrected chi connectivity index (χ0v) is 10.2. The van der Waals surface area contributed by atoms with E-state index in [4.69, 9.17) is 19.3 Å². The Labute approximate surface area is 104 Å². The van der Waals surface area contributed by atoms with E-state index in [1.165, 1.54) is 14.2 Å². The van der Waals surface area contributed by atoms with Gasteiger partial charge in [0.1, 0.15) is 6.10 Å². The van der Waals surface area contributed by atoms with Crippen LogP contribution in [0.15, 0.2) is 6.20 Å². The van der Waals surface area contributed by atoms with Gasteiger partial charge in [-0.2, -0.15) is 4.98 Å². The number of hydrogen-bond donors (Lipinski definition) is 2. The molecule has 0 unspecified atom stereocenters. The zero-order valence-electron chi connectivity index (χ0n) is 10.2. The van der Waals surface area contributed by atoms with Crippen LogP contribution in [0.3, 0.4) is 0 Å². The van der Waals surface area contributed by atoms with Gasteiger partial charge in [-0.25, -0.2) is 4.98 Å². The molecule has 2 heterocycles. The Morgan fingerprint density at radius 3 is 2.78 bits per heavy atom. The molecule has 100 valence electrons. The molecule has 1 aromatic rings. The topological polar surface area (TPSA) is 93.9 Å². The van der Waals surface area contributed by atoms with Crippen LogP contribution in [0, 0.1) is 0 Å². The maximum Gasteiger partial charge on any atom is 0.319 e. The van der Waals surface area contributed by atoms with Crippen molar-refractivity contribution in [1.82, 2.24) is 9.97 Å². The molecule has 2 rings (SSSR count). The number of nitrogens with zero attached hydrogens (tertiary/aromatic N) is 2. The molecule has 7 nitrogen and oxygen atoms in total. The van der Waals surface area contributed by atoms with Crippen molar-refractivity contribution in [3.8, 4) is 11.9 Å². The van der Waals surface area contributed by atoms with Crippen molar-refractivity contribution in [1.29, 1.82) is 0 Å². The van der Waals surface area contributed by atoms with Crippen molar-refractivity contribution in [3.63, 3.8) is 0 Å². The number of aromatic nitrogens is 2. The first-order valence-corrected chi connectivity index (χ1v) is 5.59. The number of methoxy groups -OCH3 is 2. The van der Waals surface area contributed by atoms with Gasteiger partial charge in [0.05, 0.1) is 38.6 Å². The molecule has 1 aromatic heterocycles. The largest absolute Gasteiger partial charge is 0.481 e. The Bertz CT molecular complexity index is 414. The van der Waals surface area contributed by atoms with Crippen LogP contribution in [0.25, 0.3) is 0 Å². The number of hydrogen-bond acceptors (Lipinski definition) is 7. The Balaban J connectivity index is 2.23. The minimum Gasteiger partial charge on any atom is -0.481 e. The van der Waals surface area contributed by atoms with Crippen molar-refractivity contribution < 1.29 is 24.4 Å². The van der Waals surface area contributed by atoms with E-state index in [0.29, 0.717) is 17.9 Å². The average molecular weight is 256 g/mol. The average Bonchev–Trinajstić information content (AvgIpc) is 2.79. The predicted octanol–water partition coefficient (Wildman–Crippen LogP) is -0.323. The fourth-order valence-corrected chi connectivity index (χ4v) is 1.94. The lowest BCUT2D eigenvalue weighted by atomic mass is 10.1. The summed E-state index contributed by atoms with van der Waals surface area (Å²) in [4.78, 5) is 8.04. The van der Waals surface area contributed by atoms with Crippen LogP contribution in [0.1, 0.15) is 18.1 Å². The van der Waals surface area contributed by atoms with Crippen LogP contribution in [0.2, 0.25) is 0 Å². The third-order valence-corrected chi connectivity index (χ3v) is 2.88. The zero-order chi connectivity index (χ0) is 13.1. The molecule has 0 saturated carbocycles. The second kappa shape index (κ2) is 5.47. The van der Waals surface area contributed by atoms with Crippen LogP contribution >= 0.6 is 0 Å². The molecular weight excluding hydrogens is 240 g/mol. The van der Waals surface area contributed by atoms with Crippen LogP contribution in [-0.4, -0.2) is 53.2 Å². The molecule has 0 aromatic carbocycles. The highest BCUT2D eigenvalue weighted by Gasteiger charge is 2.36. The fraction of sp³-hybridized carbons (Fsp3) is 0.636. The predicted molar refractivity (Wildman–Crippen MR) is 60.5 cm³/mol. The Kier molecular flexibility index (Phi) is 3.95. The molecular formula is C11H16N2O5. The highest BCUT2D eigenvalue weighted by molar-refractivity contribution is 5.28. The monoisotopic (exact) mass is 256 g/mol. The fourth-order valence-electron chi connectivity index (χ4n) is 1.94. The van der Waals surface area contributed by atoms with Crippen LogP contribution < -0.4 is 9.47 Å². The van der Waals surface area contributed by atoms with Gasteiger partial charge >= 0.3 is 6.01 Å². The van der Waals surface area contributed by atoms with Gasteiger partial charge in [0.2, 0.25) is 5.88 Å². The summed E-state index contributed by atoms with van der Waals surface area (Å²) < 4.78 is 15.6. The Morgan fingerprint density at radius 1 is 1.44 bits per heavy atom. The minimum absolute atomic E-state index is 0.202. The standard InChI is InChI=1S/C11H16N2O5/c1-16-10-6(4-12-11(13-10)17-2)8-3-7(15)9(5-14)18-8/h4,7-9,14-15H,3,5H2,1-2H3/t7-,8+,9+/m0/s1. The second-order valence-electron chi connectivity index (χ2n) is 3.97. The van der Waals surface area contributed by atoms with E-state index in [9.17, 15) is 5.11 Å². The molecule has 1 fully saturated rings. The van der Waals surface area contributed by atoms with Crippen molar-refractivity contribution in [3.05, 3.63) is 11.8 Å². The summed E-state index contributed by atoms with van der Waals surface area (Å²) in [6.45, 7) is -0.225. The summed E-state index contributed by atoms with van der Waals surface area (Å²) in [7, 11) is 2.95. The Hall–Kier alpha value is -1.44. The van der Waals surface area contributed by atoms with Crippen LogP contribution in [0.5, 0.6) is 11.9 Å². The highest BCUT2D eigenvalue weighted by Crippen LogP contribution is 2.36. The van der Waals surface area contributed by atoms with E-state index in [0.717, 1.165) is 0 Å². The highest BCUT2D eigenvalue weighted by atomic mass is 16.5. The van der Waals surface area contributed by atoms with E-state index < -0.39 is 18.3 Å². The van der Waals surface area contributed by atoms with Crippen molar-refractivity contribution >= 4 is 0 Å². The van der Waals surface area contributed by atoms with E-state index in [2.05, 4.69) is 9.97 Å². The van der Waals surface area contributed by atoms with Gasteiger partial charge in [-0.3, -0.25) is 0 Å². The lowest BCUT2D eigenvalue weighted by Crippen LogP contribution is -2.24. The van der Waals surface area contributed by atoms with Crippen LogP contribution in [-0.2, 0) is 4.74 Å². The molecule has 2 N–H and O–H groups in total. The van der Waals surface area contributed by atoms with Crippen molar-refractivity contribution in [2.45, 2.75) is 24.7 Å². The quantitative estimate of drug-likeness (QED) is 0.762. The summed E-state index contributed by atoms with van der Waals surface area (Å²) in [5.41, 5.74) is 0.633. The van der Waals surface area contributed by atoms with Gasteiger partial charge in [-0.15, -0.1) is 0 Å². The third kappa shape index (κ3) is 2.38. The smallest absolute Gasteiger partial charge is 0.319 e. The summed E-state index contributed by atoms with van der Waals surface area (Å²) in [5, 5.41) is 18.7. The molecule has 1 aliphatic heterocycles. The first-order chi connectivity index (χ1) is 8.69. The van der Waals surface area contributed by atoms with Crippen LogP contribution in [0.4, 0.5) is 0 Å². The first-order valence-electron chi connectivity index (χ1n) is 5.59. The van der Waals surface area contributed by atoms with Gasteiger partial charge in [0.25, 0.3) is 0 Å². The second-order valence-corrected chi connectivity index (χ2v) is 3.97. The molecule has 0 bridgehead atoms. The van der Waals surface area contributed by atoms with E-state index in [1.807, 2.05) is 0 Å². The lowest BCUT2D eigenvalue weighted by Gasteiger charge is -2.14. The molecule has 0 amide bonds. The number of aliphatic hydroxyl groups excluding tert-OH is 2. The summed E-state index contributed by atoms with van der Waals surface area (Å²) in [5.74, 6) is 0.345. The summed E-state index contributed by atoms with van der Waals surface area (Å²) >= 11 is 0. The van der Waals surface area contributed by atoms with Gasteiger partial charge in [-0.1, -0.05) is 0 Å². The van der Waals surface area contributed by atoms with Gasteiger partial charge in [0, 0.05) is 12.6 Å². The normalized spacial score (nSPS) is 27.2. The molecule has 0 spiro atoms. The molecule has 0 radical (unpaired) electrons. The van der Waals surface area contributed by atoms with Crippen molar-refractivity contribution in [2.75, 3.05) is 20.8 Å². The molecule has 3 atom stereocenters. The third-order valence-electron chi connectivity index (χ3n) is 2.88. The van der Waals surface area contributed by atoms with Gasteiger partial charge < -0.3 is 24.4 Å². The minimum atomic E-state index is -0.702. The molecule has 1 aliphatic rings. The van der Waals surface area contributed by atoms with Crippen molar-refractivity contribution in [2.24, 2.45) is 0 Å². The number of ether oxygens (including phenoxy) is 3. The SMILES string of the molecule is COc1ncc([C@H]2C[C@H](O)[C@@H](CO)O2)c(OC)n1. The molecule has 0 aliphatic carbocycles. The van der Waals surface area contributed by atoms with Gasteiger partial charge in [0.15, 0.2) is 0 Å².